The monoisotopic (exact) mass is 1620 g/mol. The number of unbranched alkanes of at least 4 members (excludes halogenated alkanes) is 6. The third-order valence-electron chi connectivity index (χ3n) is 10.7. The molecule has 0 radical (unpaired) electrons. The van der Waals surface area contributed by atoms with Crippen molar-refractivity contribution in [2.24, 2.45) is 0 Å². The van der Waals surface area contributed by atoms with Crippen LogP contribution in [0.15, 0.2) is 143 Å². The Hall–Kier alpha value is -1.47. The fourth-order valence-electron chi connectivity index (χ4n) is 8.05. The number of rotatable bonds is 20. The van der Waals surface area contributed by atoms with Crippen molar-refractivity contribution in [2.45, 2.75) is 90.6 Å². The first-order valence-corrected chi connectivity index (χ1v) is 41.3. The second-order valence-electron chi connectivity index (χ2n) is 16.9. The Morgan fingerprint density at radius 1 is 0.351 bits per heavy atom. The Balaban J connectivity index is -0.000000233. The van der Waals surface area contributed by atoms with Crippen molar-refractivity contribution in [1.29, 1.82) is 0 Å². The zero-order chi connectivity index (χ0) is 59.5. The van der Waals surface area contributed by atoms with Crippen LogP contribution in [-0.2, 0) is 105 Å². The molecule has 21 heteroatoms. The van der Waals surface area contributed by atoms with Gasteiger partial charge in [0.1, 0.15) is 31.4 Å². The largest absolute Gasteiger partial charge is 0 e. The SMILES string of the molecule is C[Si](C)(C)C1=CC=C([Si](C)(C)C)[PH+](CCCCCC[PH+](c2ccccc2)c2ccccc2)[PH+]1CCCCCC[PH+](c1ccccc1)c1ccccc1.[C-]#[O+].[C-]#[O+].[C-]#[O+].[C-]#[O+].[C-]#[O+].[C-]#[O+].[C-]#[O+].[C-]#[O+].[C-]#[O+].[C-]#[O+].[Cl][Pd][Cl].[W].[W]. The Labute approximate surface area is 512 Å². The molecule has 0 spiro atoms. The van der Waals surface area contributed by atoms with Gasteiger partial charge >= 0.3 is 148 Å². The summed E-state index contributed by atoms with van der Waals surface area (Å²) >= 11 is -0.106. The zero-order valence-corrected chi connectivity index (χ0v) is 59.1. The molecule has 412 valence electrons. The smallest absolute Gasteiger partial charge is 0 e. The summed E-state index contributed by atoms with van der Waals surface area (Å²) in [5, 5.41) is 6.29. The number of halogens is 2. The summed E-state index contributed by atoms with van der Waals surface area (Å²) in [5.41, 5.74) is 0. The van der Waals surface area contributed by atoms with Gasteiger partial charge in [0.25, 0.3) is 0 Å². The van der Waals surface area contributed by atoms with Gasteiger partial charge in [-0.15, -0.1) is 0 Å². The van der Waals surface area contributed by atoms with Gasteiger partial charge in [0.15, 0.2) is 0 Å². The summed E-state index contributed by atoms with van der Waals surface area (Å²) in [7, 11) is 4.57. The Morgan fingerprint density at radius 2 is 0.532 bits per heavy atom. The predicted molar refractivity (Wildman–Crippen MR) is 308 cm³/mol. The fourth-order valence-corrected chi connectivity index (χ4v) is 41.0. The molecule has 0 bridgehead atoms. The summed E-state index contributed by atoms with van der Waals surface area (Å²) in [6, 6.07) is 45.5. The van der Waals surface area contributed by atoms with Gasteiger partial charge < -0.3 is 0 Å². The molecule has 2 unspecified atom stereocenters. The Kier molecular flexibility index (Phi) is 87.0. The average molecular weight is 1630 g/mol. The Bertz CT molecular complexity index is 1920. The molecule has 0 aliphatic carbocycles. The molecule has 1 heterocycles. The number of allylic oxidation sites excluding steroid dienone is 2. The maximum atomic E-state index is 7.50. The van der Waals surface area contributed by atoms with Gasteiger partial charge in [0.05, 0.1) is 71.6 Å². The standard InChI is InChI=1S/C46H66P4Si2.10CO.2ClH.Pd.2W/c1-51(2,3)45-35-36-46(52(4,5)6)50(40-26-10-8-24-38-48(43-31-19-13-20-32-43)44-33-21-14-22-34-44)49(45)39-25-9-7-23-37-47(41-27-15-11-16-28-41)42-29-17-12-18-30-42;10*1-2;;;;;/h11-22,27-36,49-50H,7-10,23-26,37-40H2,1-6H3;;;;;;;;;;;2*1H;;;/q+2;;;;;;;;;;;;;+2;;. The van der Waals surface area contributed by atoms with Crippen LogP contribution in [0.25, 0.3) is 0 Å². The van der Waals surface area contributed by atoms with Gasteiger partial charge in [-0.25, -0.2) is 0 Å². The van der Waals surface area contributed by atoms with E-state index in [2.05, 4.69) is 239 Å². The molecule has 0 N–H and O–H groups in total. The second kappa shape index (κ2) is 70.6. The van der Waals surface area contributed by atoms with Gasteiger partial charge in [-0.05, 0) is 112 Å². The topological polar surface area (TPSA) is 199 Å². The van der Waals surface area contributed by atoms with Crippen molar-refractivity contribution >= 4 is 87.5 Å². The zero-order valence-electron chi connectivity index (χ0n) is 44.2. The minimum atomic E-state index is -1.34. The van der Waals surface area contributed by atoms with Crippen LogP contribution in [0.4, 0.5) is 0 Å². The van der Waals surface area contributed by atoms with Crippen LogP contribution in [0, 0.1) is 66.5 Å². The molecule has 1 aliphatic rings. The van der Waals surface area contributed by atoms with E-state index >= 15 is 0 Å². The summed E-state index contributed by atoms with van der Waals surface area (Å²) in [5.74, 6) is 0. The number of hydrogen-bond donors (Lipinski definition) is 0. The molecule has 0 fully saturated rings. The molecule has 0 saturated heterocycles. The number of benzene rings is 4. The molecule has 0 saturated carbocycles. The van der Waals surface area contributed by atoms with Crippen molar-refractivity contribution < 1.29 is 105 Å². The maximum Gasteiger partial charge on any atom is 0 e. The van der Waals surface area contributed by atoms with Crippen LogP contribution in [0.2, 0.25) is 39.3 Å². The summed E-state index contributed by atoms with van der Waals surface area (Å²) in [6.07, 6.45) is 22.5. The van der Waals surface area contributed by atoms with Crippen molar-refractivity contribution in [3.63, 3.8) is 0 Å². The van der Waals surface area contributed by atoms with Gasteiger partial charge in [-0.1, -0.05) is 112 Å². The van der Waals surface area contributed by atoms with Crippen LogP contribution in [-0.4, -0.2) is 40.8 Å². The molecule has 2 atom stereocenters. The van der Waals surface area contributed by atoms with Crippen LogP contribution >= 0.6 is 50.1 Å². The first-order chi connectivity index (χ1) is 36.5. The molecule has 1 aliphatic heterocycles. The third kappa shape index (κ3) is 44.8. The molecule has 4 aromatic rings. The maximum absolute atomic E-state index is 7.50. The second-order valence-corrected chi connectivity index (χ2v) is 43.2. The van der Waals surface area contributed by atoms with Crippen molar-refractivity contribution in [3.05, 3.63) is 210 Å². The van der Waals surface area contributed by atoms with E-state index in [1.807, 2.05) is 9.87 Å². The quantitative estimate of drug-likeness (QED) is 0.0267. The van der Waals surface area contributed by atoms with Crippen LogP contribution in [0.3, 0.4) is 0 Å². The predicted octanol–water partition coefficient (Wildman–Crippen LogP) is 13.7. The van der Waals surface area contributed by atoms with Crippen LogP contribution in [0.1, 0.15) is 51.4 Å². The molecular weight excluding hydrogens is 1560 g/mol. The molecule has 77 heavy (non-hydrogen) atoms. The van der Waals surface area contributed by atoms with E-state index in [1.54, 1.807) is 21.2 Å². The molecule has 5 rings (SSSR count). The van der Waals surface area contributed by atoms with Gasteiger partial charge in [-0.3, -0.25) is 0 Å². The van der Waals surface area contributed by atoms with E-state index in [1.165, 1.54) is 76.0 Å². The van der Waals surface area contributed by atoms with Crippen LogP contribution in [0.5, 0.6) is 0 Å². The van der Waals surface area contributed by atoms with E-state index < -0.39 is 47.2 Å². The van der Waals surface area contributed by atoms with E-state index in [0.29, 0.717) is 0 Å². The summed E-state index contributed by atoms with van der Waals surface area (Å²) in [6.45, 7) is 60.9. The normalized spacial score (nSPS) is 11.8. The summed E-state index contributed by atoms with van der Waals surface area (Å²) in [4.78, 5) is 4.01. The van der Waals surface area contributed by atoms with Gasteiger partial charge in [-0.2, -0.15) is 0 Å². The van der Waals surface area contributed by atoms with E-state index in [4.69, 9.17) is 65.6 Å². The fraction of sp³-hybridized carbons (Fsp3) is 0.321. The molecule has 4 aromatic carbocycles. The number of hydrogen-bond acceptors (Lipinski definition) is 0. The minimum Gasteiger partial charge on any atom is 0 e. The van der Waals surface area contributed by atoms with E-state index in [9.17, 15) is 0 Å². The van der Waals surface area contributed by atoms with Gasteiger partial charge in [0.2, 0.25) is 0 Å². The molecule has 10 nitrogen and oxygen atoms in total. The van der Waals surface area contributed by atoms with E-state index in [0.717, 1.165) is 0 Å². The van der Waals surface area contributed by atoms with Crippen molar-refractivity contribution in [2.75, 3.05) is 24.6 Å². The van der Waals surface area contributed by atoms with Crippen molar-refractivity contribution in [3.8, 4) is 0 Å². The minimum absolute atomic E-state index is 0. The third-order valence-corrected chi connectivity index (χ3v) is 37.3. The molecular formula is C56H68Cl2O10P4PdSi2W2+4. The van der Waals surface area contributed by atoms with Crippen molar-refractivity contribution in [1.82, 2.24) is 0 Å². The van der Waals surface area contributed by atoms with Gasteiger partial charge in [0, 0.05) is 42.1 Å². The molecule has 0 amide bonds. The first-order valence-electron chi connectivity index (χ1n) is 22.5. The molecule has 0 aromatic heterocycles. The average Bonchev–Trinajstić information content (AvgIpc) is 3.48. The first kappa shape index (κ1) is 94.8. The van der Waals surface area contributed by atoms with E-state index in [-0.39, 0.29) is 58.1 Å². The Morgan fingerprint density at radius 3 is 0.714 bits per heavy atom. The summed E-state index contributed by atoms with van der Waals surface area (Å²) < 4.78 is 75.0. The van der Waals surface area contributed by atoms with Crippen LogP contribution < -0.4 is 21.2 Å².